The van der Waals surface area contributed by atoms with Gasteiger partial charge in [0.05, 0.1) is 5.69 Å². The first-order chi connectivity index (χ1) is 9.21. The van der Waals surface area contributed by atoms with Gasteiger partial charge >= 0.3 is 0 Å². The molecule has 2 rings (SSSR count). The van der Waals surface area contributed by atoms with Crippen molar-refractivity contribution in [2.24, 2.45) is 0 Å². The van der Waals surface area contributed by atoms with E-state index in [0.29, 0.717) is 11.5 Å². The molecule has 20 heavy (non-hydrogen) atoms. The first-order valence-corrected chi connectivity index (χ1v) is 9.05. The molecule has 0 aliphatic carbocycles. The predicted molar refractivity (Wildman–Crippen MR) is 81.2 cm³/mol. The third-order valence-electron chi connectivity index (χ3n) is 2.53. The van der Waals surface area contributed by atoms with Crippen LogP contribution in [0.2, 0.25) is 5.15 Å². The Labute approximate surface area is 134 Å². The van der Waals surface area contributed by atoms with Crippen molar-refractivity contribution in [3.63, 3.8) is 0 Å². The summed E-state index contributed by atoms with van der Waals surface area (Å²) in [6, 6.07) is 3.42. The summed E-state index contributed by atoms with van der Waals surface area (Å²) in [4.78, 5) is 3.97. The summed E-state index contributed by atoms with van der Waals surface area (Å²) in [5, 5.41) is 4.15. The Morgan fingerprint density at radius 3 is 2.40 bits per heavy atom. The fourth-order valence-electron chi connectivity index (χ4n) is 1.65. The van der Waals surface area contributed by atoms with Crippen LogP contribution in [0.3, 0.4) is 0 Å². The van der Waals surface area contributed by atoms with Crippen molar-refractivity contribution in [1.82, 2.24) is 14.8 Å². The van der Waals surface area contributed by atoms with E-state index in [9.17, 15) is 8.42 Å². The largest absolute Gasteiger partial charge is 0.266 e. The van der Waals surface area contributed by atoms with Gasteiger partial charge in [0.1, 0.15) is 4.90 Å². The van der Waals surface area contributed by atoms with E-state index < -0.39 is 9.05 Å². The third kappa shape index (κ3) is 3.00. The molecule has 0 amide bonds. The summed E-state index contributed by atoms with van der Waals surface area (Å²) < 4.78 is 25.4. The number of hydrogen-bond acceptors (Lipinski definition) is 4. The third-order valence-corrected chi connectivity index (χ3v) is 4.82. The van der Waals surface area contributed by atoms with Crippen LogP contribution in [-0.2, 0) is 9.05 Å². The monoisotopic (exact) mass is 397 g/mol. The number of pyridine rings is 1. The minimum absolute atomic E-state index is 0.0708. The van der Waals surface area contributed by atoms with Crippen molar-refractivity contribution in [2.45, 2.75) is 24.7 Å². The number of rotatable bonds is 3. The molecule has 2 heterocycles. The van der Waals surface area contributed by atoms with Crippen molar-refractivity contribution in [3.8, 4) is 5.82 Å². The average Bonchev–Trinajstić information content (AvgIpc) is 2.68. The number of hydrogen-bond donors (Lipinski definition) is 0. The molecule has 9 heteroatoms. The lowest BCUT2D eigenvalue weighted by molar-refractivity contribution is 0.607. The summed E-state index contributed by atoms with van der Waals surface area (Å²) in [6.07, 6.45) is 1.57. The quantitative estimate of drug-likeness (QED) is 0.738. The summed E-state index contributed by atoms with van der Waals surface area (Å²) in [6.45, 7) is 3.62. The minimum Gasteiger partial charge on any atom is -0.236 e. The molecule has 0 saturated carbocycles. The summed E-state index contributed by atoms with van der Waals surface area (Å²) >= 11 is 9.39. The Morgan fingerprint density at radius 2 is 2.00 bits per heavy atom. The zero-order chi connectivity index (χ0) is 15.1. The van der Waals surface area contributed by atoms with E-state index in [1.807, 2.05) is 13.8 Å². The van der Waals surface area contributed by atoms with E-state index in [-0.39, 0.29) is 16.0 Å². The number of nitrogens with zero attached hydrogens (tertiary/aromatic N) is 3. The first kappa shape index (κ1) is 15.8. The molecule has 0 saturated heterocycles. The van der Waals surface area contributed by atoms with Crippen LogP contribution in [-0.4, -0.2) is 23.2 Å². The zero-order valence-corrected chi connectivity index (χ0v) is 14.4. The highest BCUT2D eigenvalue weighted by Crippen LogP contribution is 2.33. The molecule has 0 bridgehead atoms. The van der Waals surface area contributed by atoms with E-state index in [4.69, 9.17) is 22.3 Å². The van der Waals surface area contributed by atoms with Gasteiger partial charge in [-0.2, -0.15) is 5.10 Å². The van der Waals surface area contributed by atoms with Crippen molar-refractivity contribution in [2.75, 3.05) is 0 Å². The fraction of sp³-hybridized carbons (Fsp3) is 0.273. The summed E-state index contributed by atoms with van der Waals surface area (Å²) in [5.74, 6) is 0.263. The Morgan fingerprint density at radius 1 is 1.35 bits per heavy atom. The lowest BCUT2D eigenvalue weighted by atomic mass is 10.1. The first-order valence-electron chi connectivity index (χ1n) is 5.57. The highest BCUT2D eigenvalue weighted by atomic mass is 79.9. The average molecular weight is 399 g/mol. The smallest absolute Gasteiger partial charge is 0.236 e. The van der Waals surface area contributed by atoms with E-state index >= 15 is 0 Å². The molecule has 0 atom stereocenters. The molecule has 0 unspecified atom stereocenters. The molecule has 0 N–H and O–H groups in total. The van der Waals surface area contributed by atoms with Crippen LogP contribution < -0.4 is 0 Å². The highest BCUT2D eigenvalue weighted by Gasteiger charge is 2.28. The van der Waals surface area contributed by atoms with Crippen LogP contribution in [0.25, 0.3) is 5.82 Å². The molecule has 0 fully saturated rings. The molecule has 0 radical (unpaired) electrons. The van der Waals surface area contributed by atoms with Crippen LogP contribution in [0.15, 0.2) is 27.7 Å². The molecule has 0 aliphatic heterocycles. The molecule has 0 aliphatic rings. The molecule has 2 aromatic heterocycles. The normalized spacial score (nSPS) is 12.1. The van der Waals surface area contributed by atoms with Crippen LogP contribution >= 0.6 is 38.2 Å². The van der Waals surface area contributed by atoms with Gasteiger partial charge in [-0.15, -0.1) is 0 Å². The molecule has 0 aromatic carbocycles. The van der Waals surface area contributed by atoms with Gasteiger partial charge in [-0.1, -0.05) is 25.4 Å². The zero-order valence-electron chi connectivity index (χ0n) is 10.5. The fourth-order valence-corrected chi connectivity index (χ4v) is 3.80. The van der Waals surface area contributed by atoms with Crippen molar-refractivity contribution >= 4 is 47.3 Å². The Balaban J connectivity index is 2.71. The standard InChI is InChI=1S/C11H10BrCl2N3O2S/c1-6(2)9-10(20(14,18)19)11(13)17(16-9)8-4-3-7(12)5-15-8/h3-6H,1-2H3. The second-order valence-corrected chi connectivity index (χ2v) is 8.12. The Kier molecular flexibility index (Phi) is 4.44. The molecular formula is C11H10BrCl2N3O2S. The van der Waals surface area contributed by atoms with E-state index in [1.165, 1.54) is 4.68 Å². The van der Waals surface area contributed by atoms with Gasteiger partial charge in [0.25, 0.3) is 9.05 Å². The van der Waals surface area contributed by atoms with Crippen LogP contribution in [0, 0.1) is 0 Å². The van der Waals surface area contributed by atoms with E-state index in [1.54, 1.807) is 18.3 Å². The van der Waals surface area contributed by atoms with Gasteiger partial charge < -0.3 is 0 Å². The second-order valence-electron chi connectivity index (χ2n) is 4.34. The lowest BCUT2D eigenvalue weighted by Gasteiger charge is -2.01. The predicted octanol–water partition coefficient (Wildman–Crippen LogP) is 3.73. The van der Waals surface area contributed by atoms with Crippen molar-refractivity contribution in [3.05, 3.63) is 33.6 Å². The van der Waals surface area contributed by atoms with Gasteiger partial charge in [0, 0.05) is 21.4 Å². The van der Waals surface area contributed by atoms with Crippen LogP contribution in [0.4, 0.5) is 0 Å². The molecular weight excluding hydrogens is 389 g/mol. The van der Waals surface area contributed by atoms with Crippen LogP contribution in [0.5, 0.6) is 0 Å². The van der Waals surface area contributed by atoms with Gasteiger partial charge in [-0.3, -0.25) is 0 Å². The maximum absolute atomic E-state index is 11.7. The van der Waals surface area contributed by atoms with E-state index in [2.05, 4.69) is 26.0 Å². The van der Waals surface area contributed by atoms with Crippen molar-refractivity contribution in [1.29, 1.82) is 0 Å². The number of aromatic nitrogens is 3. The maximum atomic E-state index is 11.7. The van der Waals surface area contributed by atoms with Gasteiger partial charge in [-0.05, 0) is 34.0 Å². The van der Waals surface area contributed by atoms with E-state index in [0.717, 1.165) is 4.47 Å². The van der Waals surface area contributed by atoms with Gasteiger partial charge in [0.15, 0.2) is 11.0 Å². The lowest BCUT2D eigenvalue weighted by Crippen LogP contribution is -2.00. The number of halogens is 3. The topological polar surface area (TPSA) is 64.8 Å². The molecule has 0 spiro atoms. The van der Waals surface area contributed by atoms with Gasteiger partial charge in [0.2, 0.25) is 0 Å². The second kappa shape index (κ2) is 5.63. The molecule has 5 nitrogen and oxygen atoms in total. The van der Waals surface area contributed by atoms with Gasteiger partial charge in [-0.25, -0.2) is 18.1 Å². The SMILES string of the molecule is CC(C)c1nn(-c2ccc(Br)cn2)c(Cl)c1S(=O)(=O)Cl. The van der Waals surface area contributed by atoms with Crippen molar-refractivity contribution < 1.29 is 8.42 Å². The Hall–Kier alpha value is -0.630. The summed E-state index contributed by atoms with van der Waals surface area (Å²) in [5.41, 5.74) is 0.315. The Bertz CT molecular complexity index is 742. The molecule has 2 aromatic rings. The minimum atomic E-state index is -3.98. The van der Waals surface area contributed by atoms with Crippen LogP contribution in [0.1, 0.15) is 25.5 Å². The molecule has 108 valence electrons. The highest BCUT2D eigenvalue weighted by molar-refractivity contribution is 9.10. The summed E-state index contributed by atoms with van der Waals surface area (Å²) in [7, 11) is 1.46. The maximum Gasteiger partial charge on any atom is 0.266 e.